The highest BCUT2D eigenvalue weighted by atomic mass is 16.5. The van der Waals surface area contributed by atoms with Crippen molar-refractivity contribution in [3.8, 4) is 0 Å². The first-order chi connectivity index (χ1) is 14.2. The molecule has 1 amide bonds. The molecule has 4 unspecified atom stereocenters. The van der Waals surface area contributed by atoms with E-state index in [1.165, 1.54) is 5.69 Å². The van der Waals surface area contributed by atoms with E-state index in [0.717, 1.165) is 44.4 Å². The Hall–Kier alpha value is -1.63. The van der Waals surface area contributed by atoms with Gasteiger partial charge in [0.05, 0.1) is 30.2 Å². The van der Waals surface area contributed by atoms with Gasteiger partial charge in [-0.2, -0.15) is 0 Å². The van der Waals surface area contributed by atoms with E-state index in [1.54, 1.807) is 0 Å². The second kappa shape index (κ2) is 9.67. The Morgan fingerprint density at radius 1 is 1.23 bits per heavy atom. The summed E-state index contributed by atoms with van der Waals surface area (Å²) in [6.45, 7) is 12.6. The zero-order chi connectivity index (χ0) is 21.9. The molecule has 1 aromatic heterocycles. The molecule has 7 nitrogen and oxygen atoms in total. The molecule has 0 saturated heterocycles. The molecule has 7 heteroatoms. The van der Waals surface area contributed by atoms with Crippen molar-refractivity contribution in [1.29, 1.82) is 0 Å². The molecule has 0 radical (unpaired) electrons. The fourth-order valence-electron chi connectivity index (χ4n) is 4.46. The van der Waals surface area contributed by atoms with Gasteiger partial charge in [0.2, 0.25) is 0 Å². The third-order valence-electron chi connectivity index (χ3n) is 7.24. The number of alkyl carbamates (subject to hydrolysis) is 1. The van der Waals surface area contributed by atoms with Gasteiger partial charge < -0.3 is 14.8 Å². The molecule has 30 heavy (non-hydrogen) atoms. The lowest BCUT2D eigenvalue weighted by Gasteiger charge is -2.28. The van der Waals surface area contributed by atoms with Crippen molar-refractivity contribution in [1.82, 2.24) is 20.3 Å². The first-order valence-corrected chi connectivity index (χ1v) is 11.6. The average molecular weight is 421 g/mol. The Morgan fingerprint density at radius 3 is 2.63 bits per heavy atom. The van der Waals surface area contributed by atoms with Crippen molar-refractivity contribution in [2.45, 2.75) is 72.3 Å². The van der Waals surface area contributed by atoms with Gasteiger partial charge in [0, 0.05) is 13.6 Å². The molecule has 0 spiro atoms. The number of carbonyl (C=O) groups excluding carboxylic acids is 1. The number of amides is 1. The number of rotatable bonds is 9. The van der Waals surface area contributed by atoms with E-state index in [9.17, 15) is 4.79 Å². The molecular formula is C23H40N4O3. The molecule has 1 aromatic rings. The van der Waals surface area contributed by atoms with Gasteiger partial charge in [-0.1, -0.05) is 26.0 Å². The van der Waals surface area contributed by atoms with Crippen LogP contribution in [0.3, 0.4) is 0 Å². The molecule has 1 fully saturated rings. The van der Waals surface area contributed by atoms with Crippen molar-refractivity contribution in [3.63, 3.8) is 0 Å². The maximum absolute atomic E-state index is 12.1. The molecule has 0 bridgehead atoms. The number of aromatic nitrogens is 3. The summed E-state index contributed by atoms with van der Waals surface area (Å²) in [7, 11) is 1.97. The van der Waals surface area contributed by atoms with Gasteiger partial charge in [-0.15, -0.1) is 5.10 Å². The number of nitrogens with one attached hydrogen (secondary N) is 1. The maximum atomic E-state index is 12.1. The lowest BCUT2D eigenvalue weighted by molar-refractivity contribution is -0.0435. The molecule has 170 valence electrons. The number of carbonyl (C=O) groups is 1. The van der Waals surface area contributed by atoms with E-state index >= 15 is 0 Å². The maximum Gasteiger partial charge on any atom is 0.407 e. The van der Waals surface area contributed by atoms with Crippen LogP contribution in [-0.4, -0.2) is 46.4 Å². The van der Waals surface area contributed by atoms with Gasteiger partial charge in [-0.25, -0.2) is 4.79 Å². The van der Waals surface area contributed by atoms with Crippen LogP contribution in [0.2, 0.25) is 0 Å². The summed E-state index contributed by atoms with van der Waals surface area (Å²) in [4.78, 5) is 12.1. The van der Waals surface area contributed by atoms with E-state index in [0.29, 0.717) is 42.7 Å². The Bertz CT molecular complexity index is 715. The number of hydrogen-bond acceptors (Lipinski definition) is 5. The summed E-state index contributed by atoms with van der Waals surface area (Å²) in [6, 6.07) is 0. The van der Waals surface area contributed by atoms with Crippen LogP contribution in [0.25, 0.3) is 0 Å². The summed E-state index contributed by atoms with van der Waals surface area (Å²) >= 11 is 0. The Labute approximate surface area is 181 Å². The fourth-order valence-corrected chi connectivity index (χ4v) is 4.46. The minimum Gasteiger partial charge on any atom is -0.449 e. The monoisotopic (exact) mass is 420 g/mol. The summed E-state index contributed by atoms with van der Waals surface area (Å²) in [5, 5.41) is 11.3. The van der Waals surface area contributed by atoms with Gasteiger partial charge in [-0.05, 0) is 75.5 Å². The Morgan fingerprint density at radius 2 is 1.93 bits per heavy atom. The van der Waals surface area contributed by atoms with Gasteiger partial charge in [0.15, 0.2) is 0 Å². The molecule has 2 aliphatic carbocycles. The van der Waals surface area contributed by atoms with Crippen LogP contribution in [0, 0.1) is 29.6 Å². The second-order valence-corrected chi connectivity index (χ2v) is 10.2. The largest absolute Gasteiger partial charge is 0.449 e. The van der Waals surface area contributed by atoms with Crippen LogP contribution < -0.4 is 5.32 Å². The van der Waals surface area contributed by atoms with E-state index in [-0.39, 0.29) is 11.7 Å². The molecule has 0 aliphatic heterocycles. The van der Waals surface area contributed by atoms with Crippen LogP contribution in [0.15, 0.2) is 0 Å². The molecule has 1 N–H and O–H groups in total. The first kappa shape index (κ1) is 23.0. The lowest BCUT2D eigenvalue weighted by atomic mass is 9.98. The summed E-state index contributed by atoms with van der Waals surface area (Å²) in [6.07, 6.45) is 4.71. The Kier molecular flexibility index (Phi) is 7.43. The van der Waals surface area contributed by atoms with Crippen molar-refractivity contribution in [2.75, 3.05) is 19.8 Å². The smallest absolute Gasteiger partial charge is 0.407 e. The molecular weight excluding hydrogens is 380 g/mol. The topological polar surface area (TPSA) is 78.3 Å². The summed E-state index contributed by atoms with van der Waals surface area (Å²) < 4.78 is 13.5. The summed E-state index contributed by atoms with van der Waals surface area (Å²) in [5.74, 6) is 2.95. The average Bonchev–Trinajstić information content (AvgIpc) is 3.20. The quantitative estimate of drug-likeness (QED) is 0.658. The van der Waals surface area contributed by atoms with Gasteiger partial charge in [-0.3, -0.25) is 4.68 Å². The molecule has 0 aromatic carbocycles. The molecule has 2 aliphatic rings. The minimum absolute atomic E-state index is 0.254. The van der Waals surface area contributed by atoms with Crippen LogP contribution >= 0.6 is 0 Å². The van der Waals surface area contributed by atoms with Crippen LogP contribution in [0.4, 0.5) is 4.79 Å². The second-order valence-electron chi connectivity index (χ2n) is 10.2. The standard InChI is InChI=1S/C23H40N4O3/c1-15(2)16(3)13-30-23(4,5)11-12-24-22(28)29-14-19-17-7-9-20-21(10-8-18(17)19)27(6)26-25-20/h15-19H,7-14H2,1-6H3,(H,24,28). The normalized spacial score (nSPS) is 24.4. The number of fused-ring (bicyclic) bond motifs is 2. The van der Waals surface area contributed by atoms with Crippen molar-refractivity contribution >= 4 is 6.09 Å². The third kappa shape index (κ3) is 5.96. The Balaban J connectivity index is 1.32. The zero-order valence-corrected chi connectivity index (χ0v) is 19.6. The number of ether oxygens (including phenoxy) is 2. The van der Waals surface area contributed by atoms with E-state index in [1.807, 2.05) is 11.7 Å². The van der Waals surface area contributed by atoms with Crippen molar-refractivity contribution < 1.29 is 14.3 Å². The molecule has 1 saturated carbocycles. The van der Waals surface area contributed by atoms with Crippen LogP contribution in [0.1, 0.15) is 65.3 Å². The third-order valence-corrected chi connectivity index (χ3v) is 7.24. The number of hydrogen-bond donors (Lipinski definition) is 1. The fraction of sp³-hybridized carbons (Fsp3) is 0.870. The predicted molar refractivity (Wildman–Crippen MR) is 116 cm³/mol. The van der Waals surface area contributed by atoms with Gasteiger partial charge >= 0.3 is 6.09 Å². The predicted octanol–water partition coefficient (Wildman–Crippen LogP) is 3.76. The van der Waals surface area contributed by atoms with Crippen molar-refractivity contribution in [3.05, 3.63) is 11.4 Å². The highest BCUT2D eigenvalue weighted by molar-refractivity contribution is 5.67. The van der Waals surface area contributed by atoms with E-state index < -0.39 is 0 Å². The number of nitrogens with zero attached hydrogens (tertiary/aromatic N) is 3. The number of aryl methyl sites for hydroxylation is 2. The minimum atomic E-state index is -0.310. The van der Waals surface area contributed by atoms with E-state index in [4.69, 9.17) is 9.47 Å². The first-order valence-electron chi connectivity index (χ1n) is 11.6. The van der Waals surface area contributed by atoms with E-state index in [2.05, 4.69) is 50.2 Å². The van der Waals surface area contributed by atoms with Gasteiger partial charge in [0.25, 0.3) is 0 Å². The van der Waals surface area contributed by atoms with Crippen LogP contribution in [-0.2, 0) is 29.4 Å². The van der Waals surface area contributed by atoms with Gasteiger partial charge in [0.1, 0.15) is 0 Å². The van der Waals surface area contributed by atoms with Crippen LogP contribution in [0.5, 0.6) is 0 Å². The highest BCUT2D eigenvalue weighted by Gasteiger charge is 2.50. The highest BCUT2D eigenvalue weighted by Crippen LogP contribution is 2.52. The zero-order valence-electron chi connectivity index (χ0n) is 19.6. The SMILES string of the molecule is CC(C)C(C)COC(C)(C)CCNC(=O)OCC1C2CCc3nnn(C)c3CCC21. The molecule has 3 rings (SSSR count). The summed E-state index contributed by atoms with van der Waals surface area (Å²) in [5.41, 5.74) is 2.16. The lowest BCUT2D eigenvalue weighted by Crippen LogP contribution is -2.34. The molecule has 1 heterocycles. The van der Waals surface area contributed by atoms with Crippen molar-refractivity contribution in [2.24, 2.45) is 36.6 Å². The molecule has 4 atom stereocenters.